The number of H-pyrrole nitrogens is 1. The summed E-state index contributed by atoms with van der Waals surface area (Å²) in [6.07, 6.45) is 5.21. The lowest BCUT2D eigenvalue weighted by atomic mass is 9.95. The Labute approximate surface area is 125 Å². The number of nitrogens with zero attached hydrogens (tertiary/aromatic N) is 3. The highest BCUT2D eigenvalue weighted by molar-refractivity contribution is 5.78. The number of piperidine rings is 1. The van der Waals surface area contributed by atoms with Crippen molar-refractivity contribution in [2.75, 3.05) is 32.7 Å². The monoisotopic (exact) mass is 292 g/mol. The molecule has 0 aromatic carbocycles. The minimum Gasteiger partial charge on any atom is -0.390 e. The molecular formula is C15H24N4O2. The van der Waals surface area contributed by atoms with E-state index < -0.39 is 6.10 Å². The Bertz CT molecular complexity index is 462. The van der Waals surface area contributed by atoms with Crippen LogP contribution in [0.3, 0.4) is 0 Å². The zero-order valence-electron chi connectivity index (χ0n) is 12.4. The van der Waals surface area contributed by atoms with Crippen LogP contribution in [0.15, 0.2) is 12.3 Å². The van der Waals surface area contributed by atoms with E-state index >= 15 is 0 Å². The number of aliphatic hydroxyl groups excluding tert-OH is 1. The van der Waals surface area contributed by atoms with Gasteiger partial charge in [-0.3, -0.25) is 9.89 Å². The molecule has 1 aromatic heterocycles. The SMILES string of the molecule is O=C1CCCN1C[C@@H](O)CN1CCC[C@H](c2ccn[nH]2)C1. The summed E-state index contributed by atoms with van der Waals surface area (Å²) in [5.74, 6) is 0.657. The number of aromatic amines is 1. The largest absolute Gasteiger partial charge is 0.390 e. The molecule has 1 aromatic rings. The number of aliphatic hydroxyl groups is 1. The predicted molar refractivity (Wildman–Crippen MR) is 78.8 cm³/mol. The Morgan fingerprint density at radius 2 is 2.29 bits per heavy atom. The molecule has 0 bridgehead atoms. The molecule has 0 aliphatic carbocycles. The van der Waals surface area contributed by atoms with Gasteiger partial charge in [-0.25, -0.2) is 0 Å². The first-order valence-corrected chi connectivity index (χ1v) is 7.90. The lowest BCUT2D eigenvalue weighted by Crippen LogP contribution is -2.44. The second-order valence-electron chi connectivity index (χ2n) is 6.21. The molecule has 3 rings (SSSR count). The van der Waals surface area contributed by atoms with Crippen molar-refractivity contribution in [3.05, 3.63) is 18.0 Å². The van der Waals surface area contributed by atoms with E-state index in [0.29, 0.717) is 25.4 Å². The molecule has 0 unspecified atom stereocenters. The summed E-state index contributed by atoms with van der Waals surface area (Å²) in [6, 6.07) is 2.04. The van der Waals surface area contributed by atoms with Gasteiger partial charge in [-0.05, 0) is 31.9 Å². The molecular weight excluding hydrogens is 268 g/mol. The van der Waals surface area contributed by atoms with Crippen molar-refractivity contribution in [3.63, 3.8) is 0 Å². The number of hydrogen-bond acceptors (Lipinski definition) is 4. The molecule has 2 N–H and O–H groups in total. The van der Waals surface area contributed by atoms with E-state index in [0.717, 1.165) is 32.5 Å². The Balaban J connectivity index is 1.49. The topological polar surface area (TPSA) is 72.5 Å². The van der Waals surface area contributed by atoms with Crippen LogP contribution in [0.1, 0.15) is 37.3 Å². The van der Waals surface area contributed by atoms with Gasteiger partial charge in [0.05, 0.1) is 6.10 Å². The Morgan fingerprint density at radius 3 is 3.00 bits per heavy atom. The summed E-state index contributed by atoms with van der Waals surface area (Å²) in [4.78, 5) is 15.7. The van der Waals surface area contributed by atoms with Gasteiger partial charge in [0.1, 0.15) is 0 Å². The molecule has 6 heteroatoms. The molecule has 0 saturated carbocycles. The summed E-state index contributed by atoms with van der Waals surface area (Å²) in [5.41, 5.74) is 1.18. The Hall–Kier alpha value is -1.40. The number of carbonyl (C=O) groups excluding carboxylic acids is 1. The van der Waals surface area contributed by atoms with E-state index in [4.69, 9.17) is 0 Å². The van der Waals surface area contributed by atoms with Crippen LogP contribution >= 0.6 is 0 Å². The zero-order valence-corrected chi connectivity index (χ0v) is 12.4. The molecule has 2 fully saturated rings. The van der Waals surface area contributed by atoms with Gasteiger partial charge in [0.2, 0.25) is 5.91 Å². The van der Waals surface area contributed by atoms with E-state index in [1.54, 1.807) is 11.1 Å². The fourth-order valence-corrected chi connectivity index (χ4v) is 3.48. The molecule has 0 radical (unpaired) electrons. The van der Waals surface area contributed by atoms with Gasteiger partial charge in [0.15, 0.2) is 0 Å². The maximum Gasteiger partial charge on any atom is 0.222 e. The average Bonchev–Trinajstić information content (AvgIpc) is 3.12. The third kappa shape index (κ3) is 3.63. The second kappa shape index (κ2) is 6.58. The number of aromatic nitrogens is 2. The molecule has 2 aliphatic rings. The summed E-state index contributed by atoms with van der Waals surface area (Å²) in [5, 5.41) is 17.3. The molecule has 2 aliphatic heterocycles. The first kappa shape index (κ1) is 14.5. The highest BCUT2D eigenvalue weighted by Crippen LogP contribution is 2.25. The van der Waals surface area contributed by atoms with Crippen LogP contribution in [-0.4, -0.2) is 69.8 Å². The Kier molecular flexibility index (Phi) is 4.55. The quantitative estimate of drug-likeness (QED) is 0.832. The summed E-state index contributed by atoms with van der Waals surface area (Å²) in [6.45, 7) is 3.90. The minimum absolute atomic E-state index is 0.183. The number of nitrogens with one attached hydrogen (secondary N) is 1. The molecule has 3 heterocycles. The van der Waals surface area contributed by atoms with Gasteiger partial charge in [-0.15, -0.1) is 0 Å². The third-order valence-corrected chi connectivity index (χ3v) is 4.54. The molecule has 0 spiro atoms. The number of rotatable bonds is 5. The van der Waals surface area contributed by atoms with Gasteiger partial charge in [0, 0.05) is 50.4 Å². The minimum atomic E-state index is -0.451. The van der Waals surface area contributed by atoms with Gasteiger partial charge >= 0.3 is 0 Å². The first-order valence-electron chi connectivity index (χ1n) is 7.90. The van der Waals surface area contributed by atoms with Crippen LogP contribution in [0.5, 0.6) is 0 Å². The van der Waals surface area contributed by atoms with Gasteiger partial charge in [-0.1, -0.05) is 0 Å². The summed E-state index contributed by atoms with van der Waals surface area (Å²) >= 11 is 0. The van der Waals surface area contributed by atoms with E-state index in [1.165, 1.54) is 12.1 Å². The molecule has 2 saturated heterocycles. The van der Waals surface area contributed by atoms with Gasteiger partial charge in [0.25, 0.3) is 0 Å². The van der Waals surface area contributed by atoms with Crippen molar-refractivity contribution >= 4 is 5.91 Å². The third-order valence-electron chi connectivity index (χ3n) is 4.54. The number of likely N-dealkylation sites (tertiary alicyclic amines) is 2. The standard InChI is InChI=1S/C15H24N4O2/c20-13(11-19-8-2-4-15(19)21)10-18-7-1-3-12(9-18)14-5-6-16-17-14/h5-6,12-13,20H,1-4,7-11H2,(H,16,17)/t12-,13-/m0/s1. The van der Waals surface area contributed by atoms with Crippen molar-refractivity contribution in [2.24, 2.45) is 0 Å². The average molecular weight is 292 g/mol. The van der Waals surface area contributed by atoms with Gasteiger partial charge < -0.3 is 14.9 Å². The van der Waals surface area contributed by atoms with Crippen LogP contribution in [0.4, 0.5) is 0 Å². The van der Waals surface area contributed by atoms with Crippen LogP contribution in [0.25, 0.3) is 0 Å². The van der Waals surface area contributed by atoms with Gasteiger partial charge in [-0.2, -0.15) is 5.10 Å². The van der Waals surface area contributed by atoms with Crippen molar-refractivity contribution in [1.82, 2.24) is 20.0 Å². The lowest BCUT2D eigenvalue weighted by molar-refractivity contribution is -0.129. The molecule has 21 heavy (non-hydrogen) atoms. The number of amides is 1. The highest BCUT2D eigenvalue weighted by Gasteiger charge is 2.26. The highest BCUT2D eigenvalue weighted by atomic mass is 16.3. The van der Waals surface area contributed by atoms with E-state index in [2.05, 4.69) is 15.1 Å². The van der Waals surface area contributed by atoms with E-state index in [9.17, 15) is 9.90 Å². The van der Waals surface area contributed by atoms with Crippen LogP contribution in [-0.2, 0) is 4.79 Å². The number of β-amino-alcohol motifs (C(OH)–C–C–N with tert-alkyl or cyclic N) is 1. The zero-order chi connectivity index (χ0) is 14.7. The normalized spacial score (nSPS) is 25.5. The predicted octanol–water partition coefficient (Wildman–Crippen LogP) is 0.572. The molecule has 1 amide bonds. The second-order valence-corrected chi connectivity index (χ2v) is 6.21. The fourth-order valence-electron chi connectivity index (χ4n) is 3.48. The Morgan fingerprint density at radius 1 is 1.38 bits per heavy atom. The van der Waals surface area contributed by atoms with Crippen molar-refractivity contribution < 1.29 is 9.90 Å². The molecule has 116 valence electrons. The van der Waals surface area contributed by atoms with E-state index in [1.807, 2.05) is 6.07 Å². The van der Waals surface area contributed by atoms with Crippen molar-refractivity contribution in [1.29, 1.82) is 0 Å². The molecule has 2 atom stereocenters. The number of carbonyl (C=O) groups is 1. The lowest BCUT2D eigenvalue weighted by Gasteiger charge is -2.34. The van der Waals surface area contributed by atoms with Crippen molar-refractivity contribution in [3.8, 4) is 0 Å². The summed E-state index contributed by atoms with van der Waals surface area (Å²) in [7, 11) is 0. The van der Waals surface area contributed by atoms with E-state index in [-0.39, 0.29) is 5.91 Å². The fraction of sp³-hybridized carbons (Fsp3) is 0.733. The first-order chi connectivity index (χ1) is 10.2. The van der Waals surface area contributed by atoms with Crippen molar-refractivity contribution in [2.45, 2.75) is 37.7 Å². The van der Waals surface area contributed by atoms with Crippen LogP contribution in [0.2, 0.25) is 0 Å². The molecule has 6 nitrogen and oxygen atoms in total. The maximum absolute atomic E-state index is 11.6. The summed E-state index contributed by atoms with van der Waals surface area (Å²) < 4.78 is 0. The number of hydrogen-bond donors (Lipinski definition) is 2. The maximum atomic E-state index is 11.6. The van der Waals surface area contributed by atoms with Crippen LogP contribution in [0, 0.1) is 0 Å². The van der Waals surface area contributed by atoms with Crippen LogP contribution < -0.4 is 0 Å². The smallest absolute Gasteiger partial charge is 0.222 e.